The van der Waals surface area contributed by atoms with Crippen LogP contribution in [0.15, 0.2) is 24.3 Å². The van der Waals surface area contributed by atoms with Crippen LogP contribution in [0.3, 0.4) is 0 Å². The van der Waals surface area contributed by atoms with Gasteiger partial charge in [0.1, 0.15) is 0 Å². The third-order valence-electron chi connectivity index (χ3n) is 3.91. The molecule has 0 bridgehead atoms. The first-order valence-electron chi connectivity index (χ1n) is 6.35. The van der Waals surface area contributed by atoms with Crippen LogP contribution in [0, 0.1) is 0 Å². The van der Waals surface area contributed by atoms with Crippen molar-refractivity contribution in [3.8, 4) is 0 Å². The van der Waals surface area contributed by atoms with Crippen molar-refractivity contribution < 1.29 is 13.6 Å². The highest BCUT2D eigenvalue weighted by Gasteiger charge is 2.40. The van der Waals surface area contributed by atoms with E-state index >= 15 is 0 Å². The molecular formula is C14H15F2NO. The van der Waals surface area contributed by atoms with Crippen LogP contribution in [0.2, 0.25) is 0 Å². The van der Waals surface area contributed by atoms with Gasteiger partial charge in [-0.15, -0.1) is 0 Å². The number of hydrogen-bond donors (Lipinski definition) is 0. The molecule has 1 saturated carbocycles. The summed E-state index contributed by atoms with van der Waals surface area (Å²) >= 11 is 0. The molecule has 0 aromatic heterocycles. The van der Waals surface area contributed by atoms with Crippen molar-refractivity contribution in [2.75, 3.05) is 4.90 Å². The van der Waals surface area contributed by atoms with Crippen molar-refractivity contribution in [2.45, 2.75) is 44.1 Å². The summed E-state index contributed by atoms with van der Waals surface area (Å²) in [4.78, 5) is 13.8. The normalized spacial score (nSPS) is 23.2. The molecule has 0 N–H and O–H groups in total. The van der Waals surface area contributed by atoms with Gasteiger partial charge in [0.15, 0.2) is 0 Å². The molecule has 18 heavy (non-hydrogen) atoms. The molecule has 0 radical (unpaired) electrons. The standard InChI is InChI=1S/C14H15F2NO/c15-14(16)7-5-11(6-8-14)17-12-4-2-1-3-10(12)9-13(17)18/h1-4,11H,5-9H2. The van der Waals surface area contributed by atoms with E-state index < -0.39 is 5.92 Å². The number of carbonyl (C=O) groups excluding carboxylic acids is 1. The second-order valence-electron chi connectivity index (χ2n) is 5.16. The first-order valence-corrected chi connectivity index (χ1v) is 6.35. The largest absolute Gasteiger partial charge is 0.309 e. The number of para-hydroxylation sites is 1. The Hall–Kier alpha value is -1.45. The number of amides is 1. The zero-order valence-corrected chi connectivity index (χ0v) is 10.0. The molecule has 1 aromatic carbocycles. The van der Waals surface area contributed by atoms with Crippen LogP contribution in [0.5, 0.6) is 0 Å². The number of rotatable bonds is 1. The van der Waals surface area contributed by atoms with Crippen LogP contribution in [0.25, 0.3) is 0 Å². The Morgan fingerprint density at radius 2 is 1.83 bits per heavy atom. The Morgan fingerprint density at radius 1 is 1.17 bits per heavy atom. The van der Waals surface area contributed by atoms with Crippen LogP contribution in [-0.4, -0.2) is 17.9 Å². The van der Waals surface area contributed by atoms with E-state index in [1.807, 2.05) is 24.3 Å². The first kappa shape index (κ1) is 11.6. The third-order valence-corrected chi connectivity index (χ3v) is 3.91. The van der Waals surface area contributed by atoms with Crippen molar-refractivity contribution in [2.24, 2.45) is 0 Å². The molecule has 2 aliphatic rings. The summed E-state index contributed by atoms with van der Waals surface area (Å²) in [5, 5.41) is 0. The second-order valence-corrected chi connectivity index (χ2v) is 5.16. The minimum absolute atomic E-state index is 0.0476. The zero-order chi connectivity index (χ0) is 12.8. The highest BCUT2D eigenvalue weighted by molar-refractivity contribution is 6.01. The Balaban J connectivity index is 1.83. The quantitative estimate of drug-likeness (QED) is 0.750. The Morgan fingerprint density at radius 3 is 2.56 bits per heavy atom. The number of carbonyl (C=O) groups is 1. The summed E-state index contributed by atoms with van der Waals surface area (Å²) in [6.45, 7) is 0. The fraction of sp³-hybridized carbons (Fsp3) is 0.500. The number of nitrogens with zero attached hydrogens (tertiary/aromatic N) is 1. The third kappa shape index (κ3) is 1.89. The van der Waals surface area contributed by atoms with E-state index in [0.717, 1.165) is 11.3 Å². The highest BCUT2D eigenvalue weighted by Crippen LogP contribution is 2.39. The van der Waals surface area contributed by atoms with Crippen LogP contribution < -0.4 is 4.90 Å². The SMILES string of the molecule is O=C1Cc2ccccc2N1C1CCC(F)(F)CC1. The van der Waals surface area contributed by atoms with E-state index in [2.05, 4.69) is 0 Å². The lowest BCUT2D eigenvalue weighted by molar-refractivity contribution is -0.118. The fourth-order valence-corrected chi connectivity index (χ4v) is 2.96. The number of benzene rings is 1. The van der Waals surface area contributed by atoms with Crippen molar-refractivity contribution in [3.63, 3.8) is 0 Å². The summed E-state index contributed by atoms with van der Waals surface area (Å²) in [6, 6.07) is 7.59. The number of alkyl halides is 2. The molecule has 1 aromatic rings. The molecule has 3 rings (SSSR count). The predicted octanol–water partition coefficient (Wildman–Crippen LogP) is 3.15. The van der Waals surface area contributed by atoms with Crippen molar-refractivity contribution >= 4 is 11.6 Å². The summed E-state index contributed by atoms with van der Waals surface area (Å²) in [5.41, 5.74) is 1.93. The topological polar surface area (TPSA) is 20.3 Å². The van der Waals surface area contributed by atoms with Gasteiger partial charge in [-0.25, -0.2) is 8.78 Å². The molecule has 1 aliphatic carbocycles. The van der Waals surface area contributed by atoms with Crippen LogP contribution in [0.1, 0.15) is 31.2 Å². The lowest BCUT2D eigenvalue weighted by Gasteiger charge is -2.34. The van der Waals surface area contributed by atoms with Gasteiger partial charge in [0.25, 0.3) is 0 Å². The van der Waals surface area contributed by atoms with Gasteiger partial charge in [-0.05, 0) is 24.5 Å². The summed E-state index contributed by atoms with van der Waals surface area (Å²) in [6.07, 6.45) is 0.983. The average molecular weight is 251 g/mol. The molecule has 1 aliphatic heterocycles. The molecule has 0 atom stereocenters. The number of fused-ring (bicyclic) bond motifs is 1. The van der Waals surface area contributed by atoms with Gasteiger partial charge in [-0.3, -0.25) is 4.79 Å². The number of halogens is 2. The average Bonchev–Trinajstić information content (AvgIpc) is 2.66. The Kier molecular flexibility index (Phi) is 2.61. The maximum absolute atomic E-state index is 13.2. The van der Waals surface area contributed by atoms with Gasteiger partial charge in [0, 0.05) is 24.6 Å². The molecule has 4 heteroatoms. The predicted molar refractivity (Wildman–Crippen MR) is 64.8 cm³/mol. The first-order chi connectivity index (χ1) is 8.57. The zero-order valence-electron chi connectivity index (χ0n) is 10.0. The van der Waals surface area contributed by atoms with Crippen molar-refractivity contribution in [1.82, 2.24) is 0 Å². The van der Waals surface area contributed by atoms with Crippen LogP contribution in [-0.2, 0) is 11.2 Å². The molecule has 0 unspecified atom stereocenters. The minimum atomic E-state index is -2.54. The molecule has 1 heterocycles. The molecule has 1 fully saturated rings. The Labute approximate surface area is 105 Å². The van der Waals surface area contributed by atoms with Crippen LogP contribution in [0.4, 0.5) is 14.5 Å². The van der Waals surface area contributed by atoms with E-state index in [1.54, 1.807) is 4.90 Å². The fourth-order valence-electron chi connectivity index (χ4n) is 2.96. The van der Waals surface area contributed by atoms with Gasteiger partial charge in [0.05, 0.1) is 6.42 Å². The Bertz CT molecular complexity index is 476. The van der Waals surface area contributed by atoms with E-state index in [4.69, 9.17) is 0 Å². The van der Waals surface area contributed by atoms with Gasteiger partial charge >= 0.3 is 0 Å². The summed E-state index contributed by atoms with van der Waals surface area (Å²) < 4.78 is 26.3. The molecule has 2 nitrogen and oxygen atoms in total. The van der Waals surface area contributed by atoms with Crippen LogP contribution >= 0.6 is 0 Å². The van der Waals surface area contributed by atoms with E-state index in [9.17, 15) is 13.6 Å². The minimum Gasteiger partial charge on any atom is -0.309 e. The van der Waals surface area contributed by atoms with Crippen molar-refractivity contribution in [1.29, 1.82) is 0 Å². The van der Waals surface area contributed by atoms with Gasteiger partial charge < -0.3 is 4.90 Å². The second kappa shape index (κ2) is 4.04. The van der Waals surface area contributed by atoms with Gasteiger partial charge in [-0.1, -0.05) is 18.2 Å². The molecule has 0 saturated heterocycles. The number of anilines is 1. The summed E-state index contributed by atoms with van der Waals surface area (Å²) in [5.74, 6) is -2.50. The maximum atomic E-state index is 13.2. The molecule has 1 amide bonds. The van der Waals surface area contributed by atoms with E-state index in [1.165, 1.54) is 0 Å². The molecular weight excluding hydrogens is 236 g/mol. The lowest BCUT2D eigenvalue weighted by Crippen LogP contribution is -2.42. The van der Waals surface area contributed by atoms with Gasteiger partial charge in [-0.2, -0.15) is 0 Å². The molecule has 0 spiro atoms. The highest BCUT2D eigenvalue weighted by atomic mass is 19.3. The summed E-state index contributed by atoms with van der Waals surface area (Å²) in [7, 11) is 0. The van der Waals surface area contributed by atoms with E-state index in [0.29, 0.717) is 19.3 Å². The van der Waals surface area contributed by atoms with Gasteiger partial charge in [0.2, 0.25) is 11.8 Å². The molecule has 96 valence electrons. The number of hydrogen-bond acceptors (Lipinski definition) is 1. The van der Waals surface area contributed by atoms with Crippen molar-refractivity contribution in [3.05, 3.63) is 29.8 Å². The maximum Gasteiger partial charge on any atom is 0.248 e. The lowest BCUT2D eigenvalue weighted by atomic mass is 9.91. The monoisotopic (exact) mass is 251 g/mol. The smallest absolute Gasteiger partial charge is 0.248 e. The van der Waals surface area contributed by atoms with E-state index in [-0.39, 0.29) is 24.8 Å².